The van der Waals surface area contributed by atoms with Gasteiger partial charge in [0.25, 0.3) is 0 Å². The van der Waals surface area contributed by atoms with Crippen molar-refractivity contribution in [1.82, 2.24) is 4.98 Å². The van der Waals surface area contributed by atoms with Gasteiger partial charge in [-0.05, 0) is 22.0 Å². The second-order valence-corrected chi connectivity index (χ2v) is 3.07. The van der Waals surface area contributed by atoms with E-state index in [4.69, 9.17) is 5.26 Å². The fourth-order valence-electron chi connectivity index (χ4n) is 0.775. The van der Waals surface area contributed by atoms with E-state index in [0.29, 0.717) is 10.2 Å². The highest BCUT2D eigenvalue weighted by atomic mass is 79.9. The van der Waals surface area contributed by atoms with Crippen molar-refractivity contribution >= 4 is 21.6 Å². The summed E-state index contributed by atoms with van der Waals surface area (Å²) in [4.78, 5) is 13.6. The lowest BCUT2D eigenvalue weighted by Crippen LogP contribution is -1.94. The van der Waals surface area contributed by atoms with Gasteiger partial charge in [0, 0.05) is 0 Å². The van der Waals surface area contributed by atoms with Crippen LogP contribution in [0.5, 0.6) is 0 Å². The number of halogens is 1. The van der Waals surface area contributed by atoms with Gasteiger partial charge in [-0.3, -0.25) is 15.1 Å². The summed E-state index contributed by atoms with van der Waals surface area (Å²) < 4.78 is 0.345. The van der Waals surface area contributed by atoms with Crippen molar-refractivity contribution in [2.75, 3.05) is 0 Å². The maximum atomic E-state index is 10.4. The average molecular weight is 242 g/mol. The topological polar surface area (TPSA) is 79.8 Å². The highest BCUT2D eigenvalue weighted by molar-refractivity contribution is 9.10. The summed E-state index contributed by atoms with van der Waals surface area (Å²) in [6, 6.07) is 3.38. The first kappa shape index (κ1) is 9.61. The van der Waals surface area contributed by atoms with Crippen LogP contribution in [0.25, 0.3) is 0 Å². The molecule has 1 aromatic rings. The molecule has 0 aliphatic carbocycles. The third-order valence-electron chi connectivity index (χ3n) is 1.35. The molecule has 0 atom stereocenters. The second kappa shape index (κ2) is 3.96. The van der Waals surface area contributed by atoms with E-state index in [1.165, 1.54) is 6.07 Å². The molecule has 5 nitrogen and oxygen atoms in total. The SMILES string of the molecule is N#CCc1cc(Br)c([N+](=O)[O-])cn1. The van der Waals surface area contributed by atoms with Crippen molar-refractivity contribution in [3.8, 4) is 6.07 Å². The van der Waals surface area contributed by atoms with E-state index in [1.54, 1.807) is 0 Å². The van der Waals surface area contributed by atoms with Crippen LogP contribution in [0.3, 0.4) is 0 Å². The van der Waals surface area contributed by atoms with Gasteiger partial charge in [-0.2, -0.15) is 5.26 Å². The molecule has 0 radical (unpaired) electrons. The first-order chi connectivity index (χ1) is 6.15. The molecule has 0 bridgehead atoms. The molecule has 0 amide bonds. The lowest BCUT2D eigenvalue weighted by Gasteiger charge is -1.96. The summed E-state index contributed by atoms with van der Waals surface area (Å²) in [6.07, 6.45) is 1.29. The van der Waals surface area contributed by atoms with Crippen molar-refractivity contribution in [3.63, 3.8) is 0 Å². The third kappa shape index (κ3) is 2.23. The van der Waals surface area contributed by atoms with Crippen LogP contribution in [0.15, 0.2) is 16.7 Å². The molecule has 1 rings (SSSR count). The lowest BCUT2D eigenvalue weighted by atomic mass is 10.3. The maximum Gasteiger partial charge on any atom is 0.301 e. The van der Waals surface area contributed by atoms with Crippen LogP contribution < -0.4 is 0 Å². The zero-order chi connectivity index (χ0) is 9.84. The van der Waals surface area contributed by atoms with E-state index in [9.17, 15) is 10.1 Å². The van der Waals surface area contributed by atoms with Gasteiger partial charge in [-0.25, -0.2) is 0 Å². The Labute approximate surface area is 82.3 Å². The summed E-state index contributed by atoms with van der Waals surface area (Å²) in [5, 5.41) is 18.7. The molecule has 0 aliphatic rings. The summed E-state index contributed by atoms with van der Waals surface area (Å²) in [6.45, 7) is 0. The lowest BCUT2D eigenvalue weighted by molar-refractivity contribution is -0.386. The standard InChI is InChI=1S/C7H4BrN3O2/c8-6-3-5(1-2-9)10-4-7(6)11(12)13/h3-4H,1H2. The number of hydrogen-bond donors (Lipinski definition) is 0. The number of pyridine rings is 1. The van der Waals surface area contributed by atoms with E-state index in [1.807, 2.05) is 6.07 Å². The smallest absolute Gasteiger partial charge is 0.258 e. The van der Waals surface area contributed by atoms with Crippen LogP contribution in [-0.4, -0.2) is 9.91 Å². The molecule has 0 aromatic carbocycles. The maximum absolute atomic E-state index is 10.4. The largest absolute Gasteiger partial charge is 0.301 e. The minimum absolute atomic E-state index is 0.0957. The molecule has 0 unspecified atom stereocenters. The minimum atomic E-state index is -0.534. The number of hydrogen-bond acceptors (Lipinski definition) is 4. The van der Waals surface area contributed by atoms with E-state index in [-0.39, 0.29) is 12.1 Å². The first-order valence-corrected chi connectivity index (χ1v) is 4.10. The van der Waals surface area contributed by atoms with Gasteiger partial charge in [-0.15, -0.1) is 0 Å². The molecule has 66 valence electrons. The van der Waals surface area contributed by atoms with Gasteiger partial charge in [0.1, 0.15) is 6.20 Å². The Morgan fingerprint density at radius 2 is 2.46 bits per heavy atom. The summed E-state index contributed by atoms with van der Waals surface area (Å²) in [7, 11) is 0. The summed E-state index contributed by atoms with van der Waals surface area (Å²) >= 11 is 3.03. The molecule has 0 saturated heterocycles. The predicted octanol–water partition coefficient (Wildman–Crippen LogP) is 1.82. The average Bonchev–Trinajstić information content (AvgIpc) is 2.04. The highest BCUT2D eigenvalue weighted by Gasteiger charge is 2.12. The molecule has 0 aliphatic heterocycles. The van der Waals surface area contributed by atoms with Gasteiger partial charge in [0.05, 0.1) is 27.6 Å². The van der Waals surface area contributed by atoms with E-state index < -0.39 is 4.92 Å². The highest BCUT2D eigenvalue weighted by Crippen LogP contribution is 2.23. The quantitative estimate of drug-likeness (QED) is 0.585. The normalized spacial score (nSPS) is 9.23. The molecule has 1 heterocycles. The Balaban J connectivity index is 3.07. The van der Waals surface area contributed by atoms with E-state index >= 15 is 0 Å². The molecule has 6 heteroatoms. The van der Waals surface area contributed by atoms with Gasteiger partial charge < -0.3 is 0 Å². The number of rotatable bonds is 2. The fourth-order valence-corrected chi connectivity index (χ4v) is 1.29. The van der Waals surface area contributed by atoms with Crippen LogP contribution in [0, 0.1) is 21.4 Å². The molecular formula is C7H4BrN3O2. The molecular weight excluding hydrogens is 238 g/mol. The molecule has 0 saturated carbocycles. The van der Waals surface area contributed by atoms with Crippen molar-refractivity contribution in [1.29, 1.82) is 5.26 Å². The second-order valence-electron chi connectivity index (χ2n) is 2.22. The van der Waals surface area contributed by atoms with Crippen LogP contribution in [0.4, 0.5) is 5.69 Å². The van der Waals surface area contributed by atoms with E-state index in [0.717, 1.165) is 6.20 Å². The predicted molar refractivity (Wildman–Crippen MR) is 47.9 cm³/mol. The Hall–Kier alpha value is -1.48. The number of nitriles is 1. The zero-order valence-corrected chi connectivity index (χ0v) is 7.98. The Kier molecular flexibility index (Phi) is 2.93. The van der Waals surface area contributed by atoms with Gasteiger partial charge in [-0.1, -0.05) is 0 Å². The zero-order valence-electron chi connectivity index (χ0n) is 6.40. The molecule has 0 spiro atoms. The first-order valence-electron chi connectivity index (χ1n) is 3.31. The number of aromatic nitrogens is 1. The number of nitro groups is 1. The molecule has 13 heavy (non-hydrogen) atoms. The fraction of sp³-hybridized carbons (Fsp3) is 0.143. The Bertz CT molecular complexity index is 386. The van der Waals surface area contributed by atoms with Crippen LogP contribution >= 0.6 is 15.9 Å². The Morgan fingerprint density at radius 3 is 2.92 bits per heavy atom. The summed E-state index contributed by atoms with van der Waals surface area (Å²) in [5.74, 6) is 0. The van der Waals surface area contributed by atoms with Crippen molar-refractivity contribution < 1.29 is 4.92 Å². The van der Waals surface area contributed by atoms with Gasteiger partial charge in [0.15, 0.2) is 0 Å². The van der Waals surface area contributed by atoms with Crippen LogP contribution in [0.1, 0.15) is 5.69 Å². The van der Waals surface area contributed by atoms with Gasteiger partial charge >= 0.3 is 5.69 Å². The van der Waals surface area contributed by atoms with Crippen LogP contribution in [-0.2, 0) is 6.42 Å². The van der Waals surface area contributed by atoms with Crippen molar-refractivity contribution in [3.05, 3.63) is 32.5 Å². The molecule has 0 fully saturated rings. The minimum Gasteiger partial charge on any atom is -0.258 e. The number of nitrogens with zero attached hydrogens (tertiary/aromatic N) is 3. The van der Waals surface area contributed by atoms with E-state index in [2.05, 4.69) is 20.9 Å². The molecule has 0 N–H and O–H groups in total. The Morgan fingerprint density at radius 1 is 1.77 bits per heavy atom. The van der Waals surface area contributed by atoms with Crippen molar-refractivity contribution in [2.24, 2.45) is 0 Å². The van der Waals surface area contributed by atoms with Crippen LogP contribution in [0.2, 0.25) is 0 Å². The third-order valence-corrected chi connectivity index (χ3v) is 1.98. The monoisotopic (exact) mass is 241 g/mol. The van der Waals surface area contributed by atoms with Gasteiger partial charge in [0.2, 0.25) is 0 Å². The molecule has 1 aromatic heterocycles. The van der Waals surface area contributed by atoms with Crippen molar-refractivity contribution in [2.45, 2.75) is 6.42 Å². The summed E-state index contributed by atoms with van der Waals surface area (Å²) in [5.41, 5.74) is 0.418.